The predicted octanol–water partition coefficient (Wildman–Crippen LogP) is 1.26. The first-order valence-corrected chi connectivity index (χ1v) is 9.14. The molecular weight excluding hydrogens is 338 g/mol. The lowest BCUT2D eigenvalue weighted by Gasteiger charge is -2.40. The molecule has 1 aliphatic carbocycles. The molecule has 0 bridgehead atoms. The molecule has 2 saturated heterocycles. The summed E-state index contributed by atoms with van der Waals surface area (Å²) >= 11 is 0. The monoisotopic (exact) mass is 365 g/mol. The van der Waals surface area contributed by atoms with Crippen LogP contribution in [0.4, 0.5) is 0 Å². The summed E-state index contributed by atoms with van der Waals surface area (Å²) in [5.74, 6) is 1.96. The first-order valence-electron chi connectivity index (χ1n) is 9.14. The number of hydrogen-bond acceptors (Lipinski definition) is 6. The maximum Gasteiger partial charge on any atom is 0.290 e. The van der Waals surface area contributed by atoms with Crippen molar-refractivity contribution in [2.75, 3.05) is 33.3 Å². The molecule has 3 atom stereocenters. The zero-order valence-electron chi connectivity index (χ0n) is 15.3. The van der Waals surface area contributed by atoms with E-state index in [1.54, 1.807) is 13.2 Å². The van der Waals surface area contributed by atoms with Gasteiger partial charge in [0.05, 0.1) is 12.1 Å². The number of hydrogen-bond donors (Lipinski definition) is 1. The molecule has 1 N–H and O–H groups in total. The molecule has 3 fully saturated rings. The van der Waals surface area contributed by atoms with E-state index in [0.717, 1.165) is 32.0 Å². The van der Waals surface area contributed by atoms with Crippen LogP contribution in [0.25, 0.3) is 0 Å². The Morgan fingerprint density at radius 1 is 1.42 bits per heavy atom. The standard InChI is InChI=1S/C17H25N3O3.CH2O2/c1-11-7-14(18-23-11)17(21)20-6-5-16(22-2)13-9-19(10-15(13)20)8-12-3-4-12;2-1-3/h7,12-13,15-16H,3-6,8-10H2,1-2H3;1H,(H,2,3)/t13-,15+,16+;/m0./s1. The molecule has 2 aliphatic heterocycles. The normalized spacial score (nSPS) is 28.2. The highest BCUT2D eigenvalue weighted by atomic mass is 16.5. The minimum Gasteiger partial charge on any atom is -0.483 e. The van der Waals surface area contributed by atoms with Gasteiger partial charge in [-0.15, -0.1) is 0 Å². The maximum absolute atomic E-state index is 12.8. The lowest BCUT2D eigenvalue weighted by Crippen LogP contribution is -2.53. The molecule has 1 aromatic heterocycles. The van der Waals surface area contributed by atoms with Gasteiger partial charge in [-0.1, -0.05) is 5.16 Å². The van der Waals surface area contributed by atoms with Crippen LogP contribution in [-0.4, -0.2) is 77.9 Å². The van der Waals surface area contributed by atoms with Crippen LogP contribution in [0.3, 0.4) is 0 Å². The minimum atomic E-state index is -0.250. The van der Waals surface area contributed by atoms with E-state index in [9.17, 15) is 4.79 Å². The van der Waals surface area contributed by atoms with E-state index in [4.69, 9.17) is 19.2 Å². The number of fused-ring (bicyclic) bond motifs is 1. The number of amides is 1. The van der Waals surface area contributed by atoms with E-state index in [1.807, 2.05) is 11.8 Å². The molecule has 4 rings (SSSR count). The van der Waals surface area contributed by atoms with Gasteiger partial charge in [-0.25, -0.2) is 0 Å². The first kappa shape index (κ1) is 18.8. The Kier molecular flexibility index (Phi) is 5.93. The van der Waals surface area contributed by atoms with Crippen molar-refractivity contribution in [3.8, 4) is 0 Å². The highest BCUT2D eigenvalue weighted by molar-refractivity contribution is 5.92. The summed E-state index contributed by atoms with van der Waals surface area (Å²) in [6.45, 7) is 5.48. The predicted molar refractivity (Wildman–Crippen MR) is 92.8 cm³/mol. The molecular formula is C18H27N3O5. The third kappa shape index (κ3) is 4.07. The molecule has 26 heavy (non-hydrogen) atoms. The van der Waals surface area contributed by atoms with Crippen molar-refractivity contribution >= 4 is 12.4 Å². The van der Waals surface area contributed by atoms with Gasteiger partial charge in [0, 0.05) is 45.3 Å². The van der Waals surface area contributed by atoms with Gasteiger partial charge in [0.2, 0.25) is 0 Å². The number of likely N-dealkylation sites (tertiary alicyclic amines) is 2. The Morgan fingerprint density at radius 3 is 2.73 bits per heavy atom. The summed E-state index contributed by atoms with van der Waals surface area (Å²) < 4.78 is 10.8. The van der Waals surface area contributed by atoms with Crippen LogP contribution < -0.4 is 0 Å². The Morgan fingerprint density at radius 2 is 2.15 bits per heavy atom. The second-order valence-electron chi connectivity index (χ2n) is 7.38. The smallest absolute Gasteiger partial charge is 0.290 e. The number of aromatic nitrogens is 1. The van der Waals surface area contributed by atoms with Crippen LogP contribution in [0.2, 0.25) is 0 Å². The number of carboxylic acid groups (broad SMARTS) is 1. The van der Waals surface area contributed by atoms with Gasteiger partial charge >= 0.3 is 0 Å². The molecule has 0 radical (unpaired) electrons. The van der Waals surface area contributed by atoms with Gasteiger partial charge in [-0.05, 0) is 32.1 Å². The van der Waals surface area contributed by atoms with Crippen molar-refractivity contribution in [3.63, 3.8) is 0 Å². The Hall–Kier alpha value is -1.93. The third-order valence-corrected chi connectivity index (χ3v) is 5.56. The van der Waals surface area contributed by atoms with E-state index >= 15 is 0 Å². The Labute approximate surface area is 153 Å². The van der Waals surface area contributed by atoms with Crippen molar-refractivity contribution in [1.82, 2.24) is 15.0 Å². The summed E-state index contributed by atoms with van der Waals surface area (Å²) in [6.07, 6.45) is 3.88. The molecule has 0 unspecified atom stereocenters. The highest BCUT2D eigenvalue weighted by Crippen LogP contribution is 2.36. The second-order valence-corrected chi connectivity index (χ2v) is 7.38. The Bertz CT molecular complexity index is 630. The van der Waals surface area contributed by atoms with Crippen molar-refractivity contribution in [1.29, 1.82) is 0 Å². The largest absolute Gasteiger partial charge is 0.483 e. The fourth-order valence-electron chi connectivity index (χ4n) is 4.21. The number of piperidine rings is 1. The molecule has 1 amide bonds. The van der Waals surface area contributed by atoms with E-state index < -0.39 is 0 Å². The number of ether oxygens (including phenoxy) is 1. The maximum atomic E-state index is 12.8. The molecule has 3 heterocycles. The molecule has 1 aromatic rings. The minimum absolute atomic E-state index is 0.000301. The average Bonchev–Trinajstić information content (AvgIpc) is 3.15. The second kappa shape index (κ2) is 8.18. The topological polar surface area (TPSA) is 96.1 Å². The summed E-state index contributed by atoms with van der Waals surface area (Å²) in [5, 5.41) is 10.8. The van der Waals surface area contributed by atoms with E-state index in [-0.39, 0.29) is 24.5 Å². The van der Waals surface area contributed by atoms with Gasteiger partial charge in [0.1, 0.15) is 5.76 Å². The van der Waals surface area contributed by atoms with Crippen LogP contribution in [-0.2, 0) is 9.53 Å². The van der Waals surface area contributed by atoms with Crippen LogP contribution in [0.5, 0.6) is 0 Å². The first-order chi connectivity index (χ1) is 12.6. The van der Waals surface area contributed by atoms with Crippen LogP contribution >= 0.6 is 0 Å². The fraction of sp³-hybridized carbons (Fsp3) is 0.722. The summed E-state index contributed by atoms with van der Waals surface area (Å²) in [7, 11) is 1.80. The molecule has 8 nitrogen and oxygen atoms in total. The summed E-state index contributed by atoms with van der Waals surface area (Å²) in [4.78, 5) is 25.7. The molecule has 0 aromatic carbocycles. The fourth-order valence-corrected chi connectivity index (χ4v) is 4.21. The molecule has 1 saturated carbocycles. The van der Waals surface area contributed by atoms with Gasteiger partial charge in [-0.3, -0.25) is 9.59 Å². The zero-order chi connectivity index (χ0) is 18.7. The molecule has 8 heteroatoms. The number of nitrogens with zero attached hydrogens (tertiary/aromatic N) is 3. The SMILES string of the molecule is CO[C@@H]1CCN(C(=O)c2cc(C)on2)[C@@H]2CN(CC3CC3)C[C@@H]21.O=CO. The third-order valence-electron chi connectivity index (χ3n) is 5.56. The van der Waals surface area contributed by atoms with E-state index in [2.05, 4.69) is 10.1 Å². The zero-order valence-corrected chi connectivity index (χ0v) is 15.3. The Balaban J connectivity index is 0.000000613. The van der Waals surface area contributed by atoms with Crippen LogP contribution in [0.1, 0.15) is 35.5 Å². The van der Waals surface area contributed by atoms with Crippen molar-refractivity contribution in [2.45, 2.75) is 38.3 Å². The molecule has 144 valence electrons. The van der Waals surface area contributed by atoms with Crippen molar-refractivity contribution < 1.29 is 24.0 Å². The number of rotatable bonds is 4. The van der Waals surface area contributed by atoms with Crippen molar-refractivity contribution in [3.05, 3.63) is 17.5 Å². The van der Waals surface area contributed by atoms with Crippen LogP contribution in [0, 0.1) is 18.8 Å². The lowest BCUT2D eigenvalue weighted by atomic mass is 9.89. The van der Waals surface area contributed by atoms with Gasteiger partial charge in [0.25, 0.3) is 12.4 Å². The van der Waals surface area contributed by atoms with E-state index in [0.29, 0.717) is 17.4 Å². The number of methoxy groups -OCH3 is 1. The average molecular weight is 365 g/mol. The molecule has 0 spiro atoms. The number of carbonyl (C=O) groups is 2. The summed E-state index contributed by atoms with van der Waals surface area (Å²) in [5.41, 5.74) is 0.428. The van der Waals surface area contributed by atoms with Gasteiger partial charge in [-0.2, -0.15) is 0 Å². The summed E-state index contributed by atoms with van der Waals surface area (Å²) in [6, 6.07) is 1.97. The quantitative estimate of drug-likeness (QED) is 0.802. The van der Waals surface area contributed by atoms with Crippen LogP contribution in [0.15, 0.2) is 10.6 Å². The lowest BCUT2D eigenvalue weighted by molar-refractivity contribution is -0.122. The molecule has 3 aliphatic rings. The van der Waals surface area contributed by atoms with Gasteiger partial charge < -0.3 is 24.2 Å². The highest BCUT2D eigenvalue weighted by Gasteiger charge is 2.47. The van der Waals surface area contributed by atoms with Crippen molar-refractivity contribution in [2.24, 2.45) is 11.8 Å². The van der Waals surface area contributed by atoms with Gasteiger partial charge in [0.15, 0.2) is 5.69 Å². The number of aryl methyl sites for hydroxylation is 1. The van der Waals surface area contributed by atoms with E-state index in [1.165, 1.54) is 19.4 Å². The number of carbonyl (C=O) groups excluding carboxylic acids is 1.